The molecule has 0 aromatic heterocycles. The lowest BCUT2D eigenvalue weighted by Crippen LogP contribution is -2.25. The molecular weight excluding hydrogens is 460 g/mol. The summed E-state index contributed by atoms with van der Waals surface area (Å²) in [5.74, 6) is 0.479. The zero-order valence-corrected chi connectivity index (χ0v) is 18.5. The van der Waals surface area contributed by atoms with E-state index < -0.39 is 0 Å². The maximum atomic E-state index is 12.7. The summed E-state index contributed by atoms with van der Waals surface area (Å²) in [5, 5.41) is 5.96. The van der Waals surface area contributed by atoms with E-state index in [1.807, 2.05) is 6.92 Å². The van der Waals surface area contributed by atoms with Gasteiger partial charge in [0.05, 0.1) is 28.8 Å². The molecule has 1 aliphatic rings. The van der Waals surface area contributed by atoms with E-state index in [-0.39, 0.29) is 22.9 Å². The Hall–Kier alpha value is -2.25. The lowest BCUT2D eigenvalue weighted by Gasteiger charge is -2.14. The van der Waals surface area contributed by atoms with Crippen molar-refractivity contribution in [1.82, 2.24) is 5.32 Å². The highest BCUT2D eigenvalue weighted by atomic mass is 79.9. The largest absolute Gasteiger partial charge is 0.493 e. The summed E-state index contributed by atoms with van der Waals surface area (Å²) in [6.45, 7) is 2.55. The van der Waals surface area contributed by atoms with Gasteiger partial charge in [-0.05, 0) is 65.5 Å². The Labute approximate surface area is 183 Å². The third-order valence-corrected chi connectivity index (χ3v) is 5.23. The first kappa shape index (κ1) is 21.5. The van der Waals surface area contributed by atoms with Crippen molar-refractivity contribution in [3.05, 3.63) is 51.0 Å². The molecule has 2 aromatic rings. The highest BCUT2D eigenvalue weighted by molar-refractivity contribution is 9.10. The van der Waals surface area contributed by atoms with Crippen LogP contribution in [0.5, 0.6) is 11.5 Å². The highest BCUT2D eigenvalue weighted by Crippen LogP contribution is 2.37. The summed E-state index contributed by atoms with van der Waals surface area (Å²) in [6.07, 6.45) is 2.85. The van der Waals surface area contributed by atoms with Gasteiger partial charge in [0, 0.05) is 17.3 Å². The van der Waals surface area contributed by atoms with E-state index in [4.69, 9.17) is 21.1 Å². The topological polar surface area (TPSA) is 76.7 Å². The van der Waals surface area contributed by atoms with Gasteiger partial charge in [-0.2, -0.15) is 0 Å². The quantitative estimate of drug-likeness (QED) is 0.553. The average Bonchev–Trinajstić information content (AvgIpc) is 3.50. The maximum absolute atomic E-state index is 12.7. The van der Waals surface area contributed by atoms with Gasteiger partial charge in [0.2, 0.25) is 0 Å². The molecule has 6 nitrogen and oxygen atoms in total. The minimum absolute atomic E-state index is 0.202. The molecule has 0 radical (unpaired) electrons. The number of hydrogen-bond donors (Lipinski definition) is 2. The number of halogens is 2. The molecule has 1 fully saturated rings. The van der Waals surface area contributed by atoms with Crippen LogP contribution in [0.25, 0.3) is 0 Å². The smallest absolute Gasteiger partial charge is 0.255 e. The second-order valence-corrected chi connectivity index (χ2v) is 8.00. The minimum Gasteiger partial charge on any atom is -0.493 e. The normalized spacial score (nSPS) is 13.0. The SMILES string of the molecule is CCCOc1c(Br)cc(C(=O)Nc2ccc(C(=O)NC3CC3)c(Cl)c2)cc1OC. The minimum atomic E-state index is -0.336. The van der Waals surface area contributed by atoms with E-state index in [2.05, 4.69) is 26.6 Å². The molecule has 29 heavy (non-hydrogen) atoms. The molecule has 1 aliphatic carbocycles. The fraction of sp³-hybridized carbons (Fsp3) is 0.333. The summed E-state index contributed by atoms with van der Waals surface area (Å²) < 4.78 is 11.7. The summed E-state index contributed by atoms with van der Waals surface area (Å²) in [7, 11) is 1.52. The number of nitrogens with one attached hydrogen (secondary N) is 2. The number of hydrogen-bond acceptors (Lipinski definition) is 4. The fourth-order valence-corrected chi connectivity index (χ4v) is 3.49. The van der Waals surface area contributed by atoms with Crippen LogP contribution < -0.4 is 20.1 Å². The third-order valence-electron chi connectivity index (χ3n) is 4.33. The number of anilines is 1. The van der Waals surface area contributed by atoms with Crippen LogP contribution in [-0.2, 0) is 0 Å². The molecule has 0 unspecified atom stereocenters. The van der Waals surface area contributed by atoms with Crippen LogP contribution in [0.1, 0.15) is 46.9 Å². The maximum Gasteiger partial charge on any atom is 0.255 e. The lowest BCUT2D eigenvalue weighted by atomic mass is 10.1. The summed E-state index contributed by atoms with van der Waals surface area (Å²) in [4.78, 5) is 24.9. The van der Waals surface area contributed by atoms with Gasteiger partial charge in [-0.25, -0.2) is 0 Å². The van der Waals surface area contributed by atoms with E-state index in [0.29, 0.717) is 39.4 Å². The van der Waals surface area contributed by atoms with Gasteiger partial charge < -0.3 is 20.1 Å². The van der Waals surface area contributed by atoms with Gasteiger partial charge >= 0.3 is 0 Å². The van der Waals surface area contributed by atoms with E-state index in [9.17, 15) is 9.59 Å². The van der Waals surface area contributed by atoms with E-state index in [0.717, 1.165) is 19.3 Å². The van der Waals surface area contributed by atoms with Gasteiger partial charge in [-0.1, -0.05) is 18.5 Å². The number of ether oxygens (including phenoxy) is 2. The van der Waals surface area contributed by atoms with Crippen LogP contribution in [0.15, 0.2) is 34.8 Å². The van der Waals surface area contributed by atoms with Crippen molar-refractivity contribution < 1.29 is 19.1 Å². The van der Waals surface area contributed by atoms with Gasteiger partial charge in [-0.3, -0.25) is 9.59 Å². The number of amides is 2. The molecular formula is C21H22BrClN2O4. The Morgan fingerprint density at radius 2 is 1.97 bits per heavy atom. The fourth-order valence-electron chi connectivity index (χ4n) is 2.67. The molecule has 2 amide bonds. The number of carbonyl (C=O) groups is 2. The second kappa shape index (κ2) is 9.50. The predicted octanol–water partition coefficient (Wildman–Crippen LogP) is 5.04. The van der Waals surface area contributed by atoms with Crippen LogP contribution in [-0.4, -0.2) is 31.6 Å². The van der Waals surface area contributed by atoms with Gasteiger partial charge in [-0.15, -0.1) is 0 Å². The average molecular weight is 482 g/mol. The van der Waals surface area contributed by atoms with Crippen LogP contribution in [0.4, 0.5) is 5.69 Å². The second-order valence-electron chi connectivity index (χ2n) is 6.73. The van der Waals surface area contributed by atoms with E-state index >= 15 is 0 Å². The van der Waals surface area contributed by atoms with Gasteiger partial charge in [0.15, 0.2) is 11.5 Å². The van der Waals surface area contributed by atoms with Crippen LogP contribution >= 0.6 is 27.5 Å². The summed E-state index contributed by atoms with van der Waals surface area (Å²) in [6, 6.07) is 8.35. The Kier molecular flexibility index (Phi) is 7.03. The zero-order valence-electron chi connectivity index (χ0n) is 16.2. The summed E-state index contributed by atoms with van der Waals surface area (Å²) >= 11 is 9.68. The van der Waals surface area contributed by atoms with Crippen molar-refractivity contribution in [2.45, 2.75) is 32.2 Å². The number of benzene rings is 2. The first-order valence-electron chi connectivity index (χ1n) is 9.35. The van der Waals surface area contributed by atoms with Crippen LogP contribution in [0, 0.1) is 0 Å². The van der Waals surface area contributed by atoms with Crippen LogP contribution in [0.2, 0.25) is 5.02 Å². The monoisotopic (exact) mass is 480 g/mol. The predicted molar refractivity (Wildman–Crippen MR) is 116 cm³/mol. The Bertz CT molecular complexity index is 931. The molecule has 1 saturated carbocycles. The van der Waals surface area contributed by atoms with E-state index in [1.54, 1.807) is 30.3 Å². The van der Waals surface area contributed by atoms with Crippen molar-refractivity contribution >= 4 is 45.0 Å². The number of methoxy groups -OCH3 is 1. The molecule has 0 spiro atoms. The molecule has 2 N–H and O–H groups in total. The van der Waals surface area contributed by atoms with Crippen molar-refractivity contribution in [3.8, 4) is 11.5 Å². The van der Waals surface area contributed by atoms with Crippen molar-refractivity contribution in [1.29, 1.82) is 0 Å². The van der Waals surface area contributed by atoms with Gasteiger partial charge in [0.25, 0.3) is 11.8 Å². The van der Waals surface area contributed by atoms with Crippen molar-refractivity contribution in [2.24, 2.45) is 0 Å². The van der Waals surface area contributed by atoms with Gasteiger partial charge in [0.1, 0.15) is 0 Å². The molecule has 0 saturated heterocycles. The molecule has 0 aliphatic heterocycles. The Balaban J connectivity index is 1.74. The first-order chi connectivity index (χ1) is 13.9. The molecule has 0 heterocycles. The molecule has 2 aromatic carbocycles. The molecule has 154 valence electrons. The standard InChI is InChI=1S/C21H22BrClN2O4/c1-3-8-29-19-16(22)9-12(10-18(19)28-2)20(26)25-14-6-7-15(17(23)11-14)21(27)24-13-4-5-13/h6-7,9-11,13H,3-5,8H2,1-2H3,(H,24,27)(H,25,26). The molecule has 0 bridgehead atoms. The number of rotatable bonds is 8. The molecule has 0 atom stereocenters. The Morgan fingerprint density at radius 3 is 2.59 bits per heavy atom. The third kappa shape index (κ3) is 5.42. The first-order valence-corrected chi connectivity index (χ1v) is 10.5. The van der Waals surface area contributed by atoms with Crippen molar-refractivity contribution in [3.63, 3.8) is 0 Å². The molecule has 8 heteroatoms. The lowest BCUT2D eigenvalue weighted by molar-refractivity contribution is 0.0950. The highest BCUT2D eigenvalue weighted by Gasteiger charge is 2.25. The summed E-state index contributed by atoms with van der Waals surface area (Å²) in [5.41, 5.74) is 1.27. The van der Waals surface area contributed by atoms with E-state index in [1.165, 1.54) is 7.11 Å². The number of carbonyl (C=O) groups excluding carboxylic acids is 2. The van der Waals surface area contributed by atoms with Crippen LogP contribution in [0.3, 0.4) is 0 Å². The Morgan fingerprint density at radius 1 is 1.21 bits per heavy atom. The van der Waals surface area contributed by atoms with Crippen molar-refractivity contribution in [2.75, 3.05) is 19.0 Å². The molecule has 3 rings (SSSR count). The zero-order chi connectivity index (χ0) is 21.0.